The standard InChI is InChI=1S/C10H15ClN2O3/c1-6-7(9(11)13(2)12-6)5-8(14)10(15-3)16-4/h10H,5H2,1-4H3. The van der Waals surface area contributed by atoms with E-state index in [0.29, 0.717) is 10.7 Å². The number of carbonyl (C=O) groups excluding carboxylic acids is 1. The van der Waals surface area contributed by atoms with Crippen LogP contribution in [0.5, 0.6) is 0 Å². The van der Waals surface area contributed by atoms with E-state index in [-0.39, 0.29) is 12.2 Å². The van der Waals surface area contributed by atoms with E-state index in [1.807, 2.05) is 6.92 Å². The van der Waals surface area contributed by atoms with Crippen molar-refractivity contribution in [3.63, 3.8) is 0 Å². The van der Waals surface area contributed by atoms with E-state index in [2.05, 4.69) is 5.10 Å². The lowest BCUT2D eigenvalue weighted by Crippen LogP contribution is -2.26. The molecule has 0 aromatic carbocycles. The number of Topliss-reactive ketones (excluding diaryl/α,β-unsaturated/α-hetero) is 1. The van der Waals surface area contributed by atoms with Gasteiger partial charge in [-0.2, -0.15) is 5.10 Å². The SMILES string of the molecule is COC(OC)C(=O)Cc1c(C)nn(C)c1Cl. The van der Waals surface area contributed by atoms with Gasteiger partial charge < -0.3 is 9.47 Å². The van der Waals surface area contributed by atoms with Gasteiger partial charge in [0.2, 0.25) is 6.29 Å². The number of methoxy groups -OCH3 is 2. The first-order chi connectivity index (χ1) is 7.51. The molecule has 1 heterocycles. The molecule has 0 saturated carbocycles. The van der Waals surface area contributed by atoms with Gasteiger partial charge in [0.25, 0.3) is 0 Å². The molecule has 0 saturated heterocycles. The summed E-state index contributed by atoms with van der Waals surface area (Å²) in [6.07, 6.45) is -0.694. The molecule has 0 atom stereocenters. The van der Waals surface area contributed by atoms with Crippen LogP contribution in [-0.2, 0) is 27.7 Å². The third-order valence-electron chi connectivity index (χ3n) is 2.31. The van der Waals surface area contributed by atoms with Gasteiger partial charge in [-0.3, -0.25) is 9.48 Å². The Kier molecular flexibility index (Phi) is 4.46. The summed E-state index contributed by atoms with van der Waals surface area (Å²) in [5.74, 6) is -0.178. The van der Waals surface area contributed by atoms with Crippen LogP contribution < -0.4 is 0 Å². The second-order valence-electron chi connectivity index (χ2n) is 3.42. The molecule has 0 amide bonds. The van der Waals surface area contributed by atoms with Gasteiger partial charge >= 0.3 is 0 Å². The fourth-order valence-corrected chi connectivity index (χ4v) is 1.73. The van der Waals surface area contributed by atoms with Crippen LogP contribution in [-0.4, -0.2) is 36.1 Å². The molecule has 0 unspecified atom stereocenters. The second-order valence-corrected chi connectivity index (χ2v) is 3.78. The van der Waals surface area contributed by atoms with Crippen molar-refractivity contribution in [1.29, 1.82) is 0 Å². The summed E-state index contributed by atoms with van der Waals surface area (Å²) >= 11 is 6.02. The molecule has 0 spiro atoms. The minimum atomic E-state index is -0.851. The Labute approximate surface area is 99.3 Å². The summed E-state index contributed by atoms with van der Waals surface area (Å²) in [4.78, 5) is 11.7. The monoisotopic (exact) mass is 246 g/mol. The number of rotatable bonds is 5. The lowest BCUT2D eigenvalue weighted by Gasteiger charge is -2.11. The van der Waals surface area contributed by atoms with Crippen LogP contribution >= 0.6 is 11.6 Å². The number of halogens is 1. The third-order valence-corrected chi connectivity index (χ3v) is 2.78. The molecule has 0 fully saturated rings. The number of ether oxygens (including phenoxy) is 2. The number of hydrogen-bond donors (Lipinski definition) is 0. The Hall–Kier alpha value is -0.910. The van der Waals surface area contributed by atoms with Crippen LogP contribution in [0.15, 0.2) is 0 Å². The Bertz CT molecular complexity index is 386. The highest BCUT2D eigenvalue weighted by Gasteiger charge is 2.21. The number of carbonyl (C=O) groups is 1. The normalized spacial score (nSPS) is 11.1. The molecule has 16 heavy (non-hydrogen) atoms. The molecule has 0 bridgehead atoms. The van der Waals surface area contributed by atoms with Gasteiger partial charge in [0.1, 0.15) is 5.15 Å². The number of ketones is 1. The summed E-state index contributed by atoms with van der Waals surface area (Å²) < 4.78 is 11.3. The zero-order chi connectivity index (χ0) is 12.3. The molecule has 0 radical (unpaired) electrons. The number of aromatic nitrogens is 2. The molecule has 1 rings (SSSR count). The minimum absolute atomic E-state index is 0.158. The molecular weight excluding hydrogens is 232 g/mol. The summed E-state index contributed by atoms with van der Waals surface area (Å²) in [7, 11) is 4.57. The van der Waals surface area contributed by atoms with E-state index in [4.69, 9.17) is 21.1 Å². The quantitative estimate of drug-likeness (QED) is 0.731. The van der Waals surface area contributed by atoms with E-state index in [1.54, 1.807) is 7.05 Å². The molecule has 1 aromatic heterocycles. The smallest absolute Gasteiger partial charge is 0.217 e. The zero-order valence-corrected chi connectivity index (χ0v) is 10.5. The molecular formula is C10H15ClN2O3. The first-order valence-corrected chi connectivity index (χ1v) is 5.15. The maximum Gasteiger partial charge on any atom is 0.217 e. The maximum absolute atomic E-state index is 11.7. The van der Waals surface area contributed by atoms with E-state index in [9.17, 15) is 4.79 Å². The first kappa shape index (κ1) is 13.2. The molecule has 90 valence electrons. The van der Waals surface area contributed by atoms with E-state index in [0.717, 1.165) is 5.69 Å². The summed E-state index contributed by atoms with van der Waals surface area (Å²) in [6.45, 7) is 1.81. The highest BCUT2D eigenvalue weighted by atomic mass is 35.5. The van der Waals surface area contributed by atoms with Crippen molar-refractivity contribution in [2.45, 2.75) is 19.6 Å². The molecule has 1 aromatic rings. The van der Waals surface area contributed by atoms with Crippen LogP contribution in [0.25, 0.3) is 0 Å². The summed E-state index contributed by atoms with van der Waals surface area (Å²) in [6, 6.07) is 0. The highest BCUT2D eigenvalue weighted by Crippen LogP contribution is 2.20. The number of nitrogens with zero attached hydrogens (tertiary/aromatic N) is 2. The van der Waals surface area contributed by atoms with Crippen molar-refractivity contribution in [2.24, 2.45) is 7.05 Å². The van der Waals surface area contributed by atoms with Crippen molar-refractivity contribution < 1.29 is 14.3 Å². The molecule has 0 aliphatic heterocycles. The van der Waals surface area contributed by atoms with Gasteiger partial charge in [-0.05, 0) is 6.92 Å². The largest absolute Gasteiger partial charge is 0.349 e. The fraction of sp³-hybridized carbons (Fsp3) is 0.600. The van der Waals surface area contributed by atoms with Crippen LogP contribution in [0.4, 0.5) is 0 Å². The van der Waals surface area contributed by atoms with Crippen molar-refractivity contribution in [1.82, 2.24) is 9.78 Å². The summed E-state index contributed by atoms with van der Waals surface area (Å²) in [5, 5.41) is 4.59. The lowest BCUT2D eigenvalue weighted by atomic mass is 10.1. The van der Waals surface area contributed by atoms with Gasteiger partial charge in [-0.25, -0.2) is 0 Å². The molecule has 5 nitrogen and oxygen atoms in total. The first-order valence-electron chi connectivity index (χ1n) is 4.77. The van der Waals surface area contributed by atoms with Gasteiger partial charge in [0.05, 0.1) is 5.69 Å². The molecule has 6 heteroatoms. The van der Waals surface area contributed by atoms with Crippen LogP contribution in [0.1, 0.15) is 11.3 Å². The topological polar surface area (TPSA) is 53.4 Å². The highest BCUT2D eigenvalue weighted by molar-refractivity contribution is 6.30. The van der Waals surface area contributed by atoms with Gasteiger partial charge in [-0.15, -0.1) is 0 Å². The predicted molar refractivity (Wildman–Crippen MR) is 59.5 cm³/mol. The van der Waals surface area contributed by atoms with Crippen LogP contribution in [0, 0.1) is 6.92 Å². The summed E-state index contributed by atoms with van der Waals surface area (Å²) in [5.41, 5.74) is 1.46. The van der Waals surface area contributed by atoms with Crippen molar-refractivity contribution in [3.8, 4) is 0 Å². The Balaban J connectivity index is 2.84. The van der Waals surface area contributed by atoms with Crippen LogP contribution in [0.2, 0.25) is 5.15 Å². The maximum atomic E-state index is 11.7. The Morgan fingerprint density at radius 3 is 2.44 bits per heavy atom. The fourth-order valence-electron chi connectivity index (χ4n) is 1.49. The minimum Gasteiger partial charge on any atom is -0.349 e. The number of hydrogen-bond acceptors (Lipinski definition) is 4. The van der Waals surface area contributed by atoms with E-state index < -0.39 is 6.29 Å². The Morgan fingerprint density at radius 1 is 1.50 bits per heavy atom. The number of aryl methyl sites for hydroxylation is 2. The molecule has 0 aliphatic rings. The van der Waals surface area contributed by atoms with E-state index >= 15 is 0 Å². The zero-order valence-electron chi connectivity index (χ0n) is 9.78. The van der Waals surface area contributed by atoms with Crippen LogP contribution in [0.3, 0.4) is 0 Å². The van der Waals surface area contributed by atoms with E-state index in [1.165, 1.54) is 18.9 Å². The predicted octanol–water partition coefficient (Wildman–Crippen LogP) is 1.11. The Morgan fingerprint density at radius 2 is 2.06 bits per heavy atom. The van der Waals surface area contributed by atoms with Crippen molar-refractivity contribution >= 4 is 17.4 Å². The average molecular weight is 247 g/mol. The molecule has 0 N–H and O–H groups in total. The van der Waals surface area contributed by atoms with Gasteiger partial charge in [-0.1, -0.05) is 11.6 Å². The average Bonchev–Trinajstić information content (AvgIpc) is 2.47. The lowest BCUT2D eigenvalue weighted by molar-refractivity contribution is -0.155. The van der Waals surface area contributed by atoms with Crippen molar-refractivity contribution in [3.05, 3.63) is 16.4 Å². The third kappa shape index (κ3) is 2.61. The van der Waals surface area contributed by atoms with Crippen molar-refractivity contribution in [2.75, 3.05) is 14.2 Å². The van der Waals surface area contributed by atoms with Gasteiger partial charge in [0.15, 0.2) is 5.78 Å². The van der Waals surface area contributed by atoms with Gasteiger partial charge in [0, 0.05) is 33.3 Å². The second kappa shape index (κ2) is 5.43. The molecule has 0 aliphatic carbocycles.